The summed E-state index contributed by atoms with van der Waals surface area (Å²) >= 11 is 0. The summed E-state index contributed by atoms with van der Waals surface area (Å²) in [5, 5.41) is 0. The lowest BCUT2D eigenvalue weighted by Crippen LogP contribution is -2.13. The molecule has 0 saturated heterocycles. The molecule has 0 heteroatoms. The Morgan fingerprint density at radius 3 is 2.73 bits per heavy atom. The summed E-state index contributed by atoms with van der Waals surface area (Å²) in [6.45, 7) is 6.88. The molecule has 0 nitrogen and oxygen atoms in total. The summed E-state index contributed by atoms with van der Waals surface area (Å²) in [5.74, 6) is 1.59. The first kappa shape index (κ1) is 10.7. The summed E-state index contributed by atoms with van der Waals surface area (Å²) in [7, 11) is 0. The molecule has 15 heavy (non-hydrogen) atoms. The molecule has 1 aromatic rings. The molecule has 1 aliphatic rings. The molecule has 1 atom stereocenters. The van der Waals surface area contributed by atoms with E-state index < -0.39 is 0 Å². The van der Waals surface area contributed by atoms with E-state index in [9.17, 15) is 0 Å². The molecular formula is C15H22. The maximum atomic E-state index is 2.45. The van der Waals surface area contributed by atoms with Crippen molar-refractivity contribution < 1.29 is 0 Å². The Hall–Kier alpha value is -0.780. The molecule has 0 aromatic heterocycles. The zero-order valence-electron chi connectivity index (χ0n) is 10.2. The topological polar surface area (TPSA) is 0 Å². The molecule has 0 aliphatic heterocycles. The van der Waals surface area contributed by atoms with E-state index >= 15 is 0 Å². The van der Waals surface area contributed by atoms with E-state index in [4.69, 9.17) is 0 Å². The Morgan fingerprint density at radius 2 is 2.07 bits per heavy atom. The van der Waals surface area contributed by atoms with Crippen molar-refractivity contribution in [2.75, 3.05) is 0 Å². The molecule has 0 spiro atoms. The van der Waals surface area contributed by atoms with Crippen LogP contribution in [0.4, 0.5) is 0 Å². The van der Waals surface area contributed by atoms with Crippen LogP contribution in [0, 0.1) is 5.92 Å². The van der Waals surface area contributed by atoms with Gasteiger partial charge in [-0.3, -0.25) is 0 Å². The Morgan fingerprint density at radius 1 is 1.27 bits per heavy atom. The molecule has 1 aromatic carbocycles. The summed E-state index contributed by atoms with van der Waals surface area (Å²) in [4.78, 5) is 0. The van der Waals surface area contributed by atoms with Crippen LogP contribution in [0.3, 0.4) is 0 Å². The fraction of sp³-hybridized carbons (Fsp3) is 0.600. The van der Waals surface area contributed by atoms with Crippen molar-refractivity contribution in [3.63, 3.8) is 0 Å². The highest BCUT2D eigenvalue weighted by molar-refractivity contribution is 5.35. The first-order valence-corrected chi connectivity index (χ1v) is 6.32. The van der Waals surface area contributed by atoms with Crippen molar-refractivity contribution in [1.82, 2.24) is 0 Å². The third-order valence-corrected chi connectivity index (χ3v) is 3.80. The van der Waals surface area contributed by atoms with E-state index in [2.05, 4.69) is 39.0 Å². The quantitative estimate of drug-likeness (QED) is 0.670. The van der Waals surface area contributed by atoms with Crippen LogP contribution in [0.1, 0.15) is 56.2 Å². The predicted molar refractivity (Wildman–Crippen MR) is 66.3 cm³/mol. The SMILES string of the molecule is CCC1CCc2ccc(C(C)C)cc2C1. The molecule has 0 heterocycles. The highest BCUT2D eigenvalue weighted by atomic mass is 14.2. The van der Waals surface area contributed by atoms with Gasteiger partial charge in [-0.25, -0.2) is 0 Å². The van der Waals surface area contributed by atoms with E-state index in [1.165, 1.54) is 31.2 Å². The van der Waals surface area contributed by atoms with Crippen molar-refractivity contribution in [3.8, 4) is 0 Å². The van der Waals surface area contributed by atoms with E-state index in [1.807, 2.05) is 0 Å². The van der Waals surface area contributed by atoms with Gasteiger partial charge in [0.05, 0.1) is 0 Å². The average molecular weight is 202 g/mol. The molecule has 0 bridgehead atoms. The van der Waals surface area contributed by atoms with E-state index in [0.717, 1.165) is 5.92 Å². The zero-order valence-corrected chi connectivity index (χ0v) is 10.2. The van der Waals surface area contributed by atoms with Crippen LogP contribution >= 0.6 is 0 Å². The monoisotopic (exact) mass is 202 g/mol. The Kier molecular flexibility index (Phi) is 3.14. The molecule has 82 valence electrons. The van der Waals surface area contributed by atoms with Gasteiger partial charge in [0.25, 0.3) is 0 Å². The third kappa shape index (κ3) is 2.25. The van der Waals surface area contributed by atoms with Crippen LogP contribution in [0.5, 0.6) is 0 Å². The van der Waals surface area contributed by atoms with E-state index in [1.54, 1.807) is 11.1 Å². The minimum atomic E-state index is 0.664. The van der Waals surface area contributed by atoms with Crippen LogP contribution in [0.2, 0.25) is 0 Å². The summed E-state index contributed by atoms with van der Waals surface area (Å²) in [6, 6.07) is 7.12. The molecule has 0 radical (unpaired) electrons. The molecule has 2 rings (SSSR count). The maximum Gasteiger partial charge on any atom is -0.0219 e. The molecule has 1 aliphatic carbocycles. The van der Waals surface area contributed by atoms with E-state index in [0.29, 0.717) is 5.92 Å². The molecule has 0 amide bonds. The van der Waals surface area contributed by atoms with Gasteiger partial charge in [-0.2, -0.15) is 0 Å². The Labute approximate surface area is 93.7 Å². The van der Waals surface area contributed by atoms with Crippen molar-refractivity contribution in [3.05, 3.63) is 34.9 Å². The minimum absolute atomic E-state index is 0.664. The van der Waals surface area contributed by atoms with Gasteiger partial charge >= 0.3 is 0 Å². The normalized spacial score (nSPS) is 20.4. The Bertz CT molecular complexity index is 336. The lowest BCUT2D eigenvalue weighted by molar-refractivity contribution is 0.444. The first-order valence-electron chi connectivity index (χ1n) is 6.32. The second-order valence-electron chi connectivity index (χ2n) is 5.20. The van der Waals surface area contributed by atoms with Crippen LogP contribution in [0.15, 0.2) is 18.2 Å². The number of hydrogen-bond donors (Lipinski definition) is 0. The standard InChI is InChI=1S/C15H22/c1-4-12-5-6-13-7-8-14(11(2)3)10-15(13)9-12/h7-8,10-12H,4-6,9H2,1-3H3. The molecule has 0 N–H and O–H groups in total. The smallest absolute Gasteiger partial charge is 0.0219 e. The number of aryl methyl sites for hydroxylation is 1. The molecule has 0 fully saturated rings. The van der Waals surface area contributed by atoms with Crippen LogP contribution in [-0.4, -0.2) is 0 Å². The second-order valence-corrected chi connectivity index (χ2v) is 5.20. The largest absolute Gasteiger partial charge is 0.0651 e. The molecule has 0 saturated carbocycles. The summed E-state index contributed by atoms with van der Waals surface area (Å²) < 4.78 is 0. The number of fused-ring (bicyclic) bond motifs is 1. The number of benzene rings is 1. The summed E-state index contributed by atoms with van der Waals surface area (Å²) in [5.41, 5.74) is 4.73. The molecule has 1 unspecified atom stereocenters. The fourth-order valence-corrected chi connectivity index (χ4v) is 2.56. The summed E-state index contributed by atoms with van der Waals surface area (Å²) in [6.07, 6.45) is 5.34. The zero-order chi connectivity index (χ0) is 10.8. The lowest BCUT2D eigenvalue weighted by atomic mass is 9.81. The molecular weight excluding hydrogens is 180 g/mol. The Balaban J connectivity index is 2.26. The van der Waals surface area contributed by atoms with Gasteiger partial charge in [-0.1, -0.05) is 45.4 Å². The van der Waals surface area contributed by atoms with Gasteiger partial charge in [-0.05, 0) is 47.8 Å². The van der Waals surface area contributed by atoms with Gasteiger partial charge in [0.2, 0.25) is 0 Å². The minimum Gasteiger partial charge on any atom is -0.0651 e. The highest BCUT2D eigenvalue weighted by Gasteiger charge is 2.17. The average Bonchev–Trinajstić information content (AvgIpc) is 2.27. The van der Waals surface area contributed by atoms with Gasteiger partial charge in [0.15, 0.2) is 0 Å². The van der Waals surface area contributed by atoms with Crippen molar-refractivity contribution in [2.24, 2.45) is 5.92 Å². The van der Waals surface area contributed by atoms with Gasteiger partial charge in [-0.15, -0.1) is 0 Å². The second kappa shape index (κ2) is 4.38. The number of hydrogen-bond acceptors (Lipinski definition) is 0. The van der Waals surface area contributed by atoms with Gasteiger partial charge in [0, 0.05) is 0 Å². The van der Waals surface area contributed by atoms with Gasteiger partial charge in [0.1, 0.15) is 0 Å². The van der Waals surface area contributed by atoms with Crippen molar-refractivity contribution >= 4 is 0 Å². The highest BCUT2D eigenvalue weighted by Crippen LogP contribution is 2.29. The first-order chi connectivity index (χ1) is 7.20. The lowest BCUT2D eigenvalue weighted by Gasteiger charge is -2.24. The number of rotatable bonds is 2. The van der Waals surface area contributed by atoms with Crippen LogP contribution in [-0.2, 0) is 12.8 Å². The predicted octanol–water partition coefficient (Wildman–Crippen LogP) is 4.32. The van der Waals surface area contributed by atoms with Crippen molar-refractivity contribution in [2.45, 2.75) is 52.4 Å². The fourth-order valence-electron chi connectivity index (χ4n) is 2.56. The van der Waals surface area contributed by atoms with Crippen LogP contribution in [0.25, 0.3) is 0 Å². The van der Waals surface area contributed by atoms with Gasteiger partial charge < -0.3 is 0 Å². The van der Waals surface area contributed by atoms with Crippen LogP contribution < -0.4 is 0 Å². The third-order valence-electron chi connectivity index (χ3n) is 3.80. The maximum absolute atomic E-state index is 2.45. The van der Waals surface area contributed by atoms with E-state index in [-0.39, 0.29) is 0 Å². The van der Waals surface area contributed by atoms with Crippen molar-refractivity contribution in [1.29, 1.82) is 0 Å².